The molecule has 0 unspecified atom stereocenters. The van der Waals surface area contributed by atoms with Crippen LogP contribution in [-0.2, 0) is 12.7 Å². The van der Waals surface area contributed by atoms with Gasteiger partial charge in [0.2, 0.25) is 0 Å². The lowest BCUT2D eigenvalue weighted by molar-refractivity contribution is -0.138. The standard InChI is InChI=1S/C9H9BrF3N3/c10-7-3-5(4-16-8(14)15)1-2-6(7)9(11,12)13/h1-3H,4H2,(H4,14,15,16). The Hall–Kier alpha value is -1.24. The fourth-order valence-electron chi connectivity index (χ4n) is 1.07. The summed E-state index contributed by atoms with van der Waals surface area (Å²) in [5.74, 6) is -0.101. The van der Waals surface area contributed by atoms with Gasteiger partial charge in [0.1, 0.15) is 0 Å². The molecule has 0 heterocycles. The van der Waals surface area contributed by atoms with Crippen LogP contribution >= 0.6 is 15.9 Å². The number of rotatable bonds is 2. The highest BCUT2D eigenvalue weighted by molar-refractivity contribution is 9.10. The van der Waals surface area contributed by atoms with Crippen molar-refractivity contribution in [3.05, 3.63) is 33.8 Å². The zero-order valence-corrected chi connectivity index (χ0v) is 9.64. The number of halogens is 4. The molecule has 1 aromatic rings. The molecule has 0 amide bonds. The normalized spacial score (nSPS) is 11.2. The summed E-state index contributed by atoms with van der Waals surface area (Å²) >= 11 is 2.86. The minimum atomic E-state index is -4.37. The van der Waals surface area contributed by atoms with Gasteiger partial charge in [0.05, 0.1) is 12.1 Å². The Morgan fingerprint density at radius 1 is 1.31 bits per heavy atom. The van der Waals surface area contributed by atoms with Crippen LogP contribution < -0.4 is 11.5 Å². The third-order valence-corrected chi connectivity index (χ3v) is 2.44. The fourth-order valence-corrected chi connectivity index (χ4v) is 1.72. The molecule has 0 fully saturated rings. The fraction of sp³-hybridized carbons (Fsp3) is 0.222. The molecule has 16 heavy (non-hydrogen) atoms. The van der Waals surface area contributed by atoms with Crippen LogP contribution in [0.25, 0.3) is 0 Å². The first-order valence-electron chi connectivity index (χ1n) is 4.21. The number of nitrogens with two attached hydrogens (primary N) is 2. The Kier molecular flexibility index (Phi) is 3.79. The van der Waals surface area contributed by atoms with E-state index in [0.717, 1.165) is 6.07 Å². The average Bonchev–Trinajstić information content (AvgIpc) is 2.12. The van der Waals surface area contributed by atoms with Gasteiger partial charge < -0.3 is 11.5 Å². The van der Waals surface area contributed by atoms with Crippen LogP contribution in [0.2, 0.25) is 0 Å². The first-order chi connectivity index (χ1) is 7.30. The molecule has 0 aliphatic carbocycles. The predicted octanol–water partition coefficient (Wildman–Crippen LogP) is 2.24. The second-order valence-electron chi connectivity index (χ2n) is 3.05. The molecule has 0 spiro atoms. The first kappa shape index (κ1) is 12.8. The van der Waals surface area contributed by atoms with Crippen LogP contribution in [0.1, 0.15) is 11.1 Å². The Labute approximate surface area is 98.5 Å². The lowest BCUT2D eigenvalue weighted by Crippen LogP contribution is -2.22. The van der Waals surface area contributed by atoms with Crippen molar-refractivity contribution in [2.45, 2.75) is 12.7 Å². The Morgan fingerprint density at radius 3 is 2.38 bits per heavy atom. The summed E-state index contributed by atoms with van der Waals surface area (Å²) in [6.45, 7) is 0.152. The largest absolute Gasteiger partial charge is 0.417 e. The van der Waals surface area contributed by atoms with Gasteiger partial charge >= 0.3 is 6.18 Å². The molecular formula is C9H9BrF3N3. The van der Waals surface area contributed by atoms with Crippen molar-refractivity contribution in [3.8, 4) is 0 Å². The lowest BCUT2D eigenvalue weighted by Gasteiger charge is -2.09. The first-order valence-corrected chi connectivity index (χ1v) is 5.01. The molecule has 88 valence electrons. The van der Waals surface area contributed by atoms with E-state index < -0.39 is 11.7 Å². The Morgan fingerprint density at radius 2 is 1.94 bits per heavy atom. The molecule has 7 heteroatoms. The van der Waals surface area contributed by atoms with Crippen molar-refractivity contribution in [3.63, 3.8) is 0 Å². The van der Waals surface area contributed by atoms with E-state index >= 15 is 0 Å². The van der Waals surface area contributed by atoms with Crippen LogP contribution in [0.5, 0.6) is 0 Å². The highest BCUT2D eigenvalue weighted by Gasteiger charge is 2.32. The van der Waals surface area contributed by atoms with Gasteiger partial charge in [-0.1, -0.05) is 22.0 Å². The minimum Gasteiger partial charge on any atom is -0.370 e. The van der Waals surface area contributed by atoms with Gasteiger partial charge in [-0.3, -0.25) is 0 Å². The predicted molar refractivity (Wildman–Crippen MR) is 58.7 cm³/mol. The summed E-state index contributed by atoms with van der Waals surface area (Å²) in [5.41, 5.74) is 10.1. The smallest absolute Gasteiger partial charge is 0.370 e. The van der Waals surface area contributed by atoms with Crippen molar-refractivity contribution in [2.75, 3.05) is 0 Å². The highest BCUT2D eigenvalue weighted by atomic mass is 79.9. The van der Waals surface area contributed by atoms with Gasteiger partial charge in [0.25, 0.3) is 0 Å². The third-order valence-electron chi connectivity index (χ3n) is 1.78. The van der Waals surface area contributed by atoms with Gasteiger partial charge in [0, 0.05) is 4.47 Å². The molecule has 0 aliphatic heterocycles. The number of aliphatic imine (C=N–C) groups is 1. The van der Waals surface area contributed by atoms with Crippen molar-refractivity contribution >= 4 is 21.9 Å². The topological polar surface area (TPSA) is 64.4 Å². The Balaban J connectivity index is 2.96. The molecule has 0 atom stereocenters. The number of alkyl halides is 3. The molecule has 0 bridgehead atoms. The van der Waals surface area contributed by atoms with Crippen LogP contribution in [-0.4, -0.2) is 5.96 Å². The van der Waals surface area contributed by atoms with Gasteiger partial charge in [-0.05, 0) is 17.7 Å². The van der Waals surface area contributed by atoms with E-state index in [9.17, 15) is 13.2 Å². The van der Waals surface area contributed by atoms with E-state index in [4.69, 9.17) is 11.5 Å². The summed E-state index contributed by atoms with van der Waals surface area (Å²) in [6.07, 6.45) is -4.37. The van der Waals surface area contributed by atoms with Gasteiger partial charge in [-0.25, -0.2) is 4.99 Å². The highest BCUT2D eigenvalue weighted by Crippen LogP contribution is 2.35. The molecule has 3 nitrogen and oxygen atoms in total. The zero-order valence-electron chi connectivity index (χ0n) is 8.05. The SMILES string of the molecule is NC(N)=NCc1ccc(C(F)(F)F)c(Br)c1. The molecule has 0 saturated heterocycles. The molecule has 0 aromatic heterocycles. The van der Waals surface area contributed by atoms with E-state index in [-0.39, 0.29) is 17.0 Å². The summed E-state index contributed by atoms with van der Waals surface area (Å²) in [6, 6.07) is 3.66. The summed E-state index contributed by atoms with van der Waals surface area (Å²) < 4.78 is 37.2. The summed E-state index contributed by atoms with van der Waals surface area (Å²) in [4.78, 5) is 3.70. The quantitative estimate of drug-likeness (QED) is 0.649. The van der Waals surface area contributed by atoms with Crippen LogP contribution in [0, 0.1) is 0 Å². The van der Waals surface area contributed by atoms with Crippen molar-refractivity contribution in [2.24, 2.45) is 16.5 Å². The maximum atomic E-state index is 12.4. The van der Waals surface area contributed by atoms with Gasteiger partial charge in [0.15, 0.2) is 5.96 Å². The van der Waals surface area contributed by atoms with Crippen LogP contribution in [0.4, 0.5) is 13.2 Å². The number of guanidine groups is 1. The lowest BCUT2D eigenvalue weighted by atomic mass is 10.1. The van der Waals surface area contributed by atoms with E-state index in [2.05, 4.69) is 20.9 Å². The van der Waals surface area contributed by atoms with Gasteiger partial charge in [-0.2, -0.15) is 13.2 Å². The third kappa shape index (κ3) is 3.41. The molecule has 4 N–H and O–H groups in total. The molecule has 0 radical (unpaired) electrons. The number of benzene rings is 1. The maximum Gasteiger partial charge on any atom is 0.417 e. The molecular weight excluding hydrogens is 287 g/mol. The van der Waals surface area contributed by atoms with Crippen molar-refractivity contribution in [1.29, 1.82) is 0 Å². The maximum absolute atomic E-state index is 12.4. The van der Waals surface area contributed by atoms with E-state index in [1.807, 2.05) is 0 Å². The van der Waals surface area contributed by atoms with E-state index in [0.29, 0.717) is 5.56 Å². The second-order valence-corrected chi connectivity index (χ2v) is 3.91. The van der Waals surface area contributed by atoms with Crippen LogP contribution in [0.3, 0.4) is 0 Å². The molecule has 1 rings (SSSR count). The number of nitrogens with zero attached hydrogens (tertiary/aromatic N) is 1. The Bertz CT molecular complexity index is 411. The van der Waals surface area contributed by atoms with Crippen molar-refractivity contribution in [1.82, 2.24) is 0 Å². The number of hydrogen-bond donors (Lipinski definition) is 2. The molecule has 0 saturated carbocycles. The second kappa shape index (κ2) is 4.73. The minimum absolute atomic E-state index is 0.0247. The molecule has 0 aliphatic rings. The number of hydrogen-bond acceptors (Lipinski definition) is 1. The van der Waals surface area contributed by atoms with Gasteiger partial charge in [-0.15, -0.1) is 0 Å². The van der Waals surface area contributed by atoms with E-state index in [1.54, 1.807) is 0 Å². The average molecular weight is 296 g/mol. The zero-order chi connectivity index (χ0) is 12.3. The molecule has 1 aromatic carbocycles. The van der Waals surface area contributed by atoms with E-state index in [1.165, 1.54) is 12.1 Å². The summed E-state index contributed by atoms with van der Waals surface area (Å²) in [7, 11) is 0. The van der Waals surface area contributed by atoms with Crippen LogP contribution in [0.15, 0.2) is 27.7 Å². The van der Waals surface area contributed by atoms with Crippen molar-refractivity contribution < 1.29 is 13.2 Å². The monoisotopic (exact) mass is 295 g/mol. The summed E-state index contributed by atoms with van der Waals surface area (Å²) in [5, 5.41) is 0.